The van der Waals surface area contributed by atoms with Crippen LogP contribution in [0.15, 0.2) is 12.2 Å². The van der Waals surface area contributed by atoms with E-state index >= 15 is 0 Å². The van der Waals surface area contributed by atoms with Crippen LogP contribution in [0.3, 0.4) is 0 Å². The Labute approximate surface area is 135 Å². The minimum absolute atomic E-state index is 0.949. The lowest BCUT2D eigenvalue weighted by Gasteiger charge is -2.10. The van der Waals surface area contributed by atoms with Crippen LogP contribution in [0.25, 0.3) is 0 Å². The van der Waals surface area contributed by atoms with Gasteiger partial charge in [-0.3, -0.25) is 0 Å². The highest BCUT2D eigenvalue weighted by Crippen LogP contribution is 2.17. The standard InChI is InChI=1S/C21H42/c1-4-6-8-10-12-13-14-16-18-20-21(3)19-17-15-11-9-7-5-2/h12-13,21H,4-11,14-20H2,1-3H3. The molecule has 1 atom stereocenters. The lowest BCUT2D eigenvalue weighted by Crippen LogP contribution is -1.95. The molecule has 1 unspecified atom stereocenters. The number of hydrogen-bond donors (Lipinski definition) is 0. The molecule has 126 valence electrons. The Morgan fingerprint density at radius 1 is 0.571 bits per heavy atom. The van der Waals surface area contributed by atoms with Gasteiger partial charge in [-0.1, -0.05) is 104 Å². The monoisotopic (exact) mass is 294 g/mol. The summed E-state index contributed by atoms with van der Waals surface area (Å²) in [4.78, 5) is 0. The van der Waals surface area contributed by atoms with Crippen molar-refractivity contribution in [3.05, 3.63) is 12.2 Å². The van der Waals surface area contributed by atoms with Gasteiger partial charge >= 0.3 is 0 Å². The maximum atomic E-state index is 2.45. The normalized spacial score (nSPS) is 13.1. The van der Waals surface area contributed by atoms with Gasteiger partial charge < -0.3 is 0 Å². The molecular formula is C21H42. The summed E-state index contributed by atoms with van der Waals surface area (Å²) in [6, 6.07) is 0. The Kier molecular flexibility index (Phi) is 17.6. The summed E-state index contributed by atoms with van der Waals surface area (Å²) in [5.41, 5.74) is 0. The molecule has 0 saturated heterocycles. The van der Waals surface area contributed by atoms with Gasteiger partial charge in [0.2, 0.25) is 0 Å². The van der Waals surface area contributed by atoms with Crippen molar-refractivity contribution in [3.63, 3.8) is 0 Å². The molecule has 0 rings (SSSR count). The van der Waals surface area contributed by atoms with E-state index in [1.807, 2.05) is 0 Å². The number of unbranched alkanes of at least 4 members (excludes halogenated alkanes) is 10. The molecule has 0 aliphatic rings. The molecule has 0 aliphatic carbocycles. The fraction of sp³-hybridized carbons (Fsp3) is 0.905. The molecule has 0 heteroatoms. The highest BCUT2D eigenvalue weighted by molar-refractivity contribution is 4.81. The van der Waals surface area contributed by atoms with Crippen LogP contribution in [0.2, 0.25) is 0 Å². The first-order valence-electron chi connectivity index (χ1n) is 9.96. The second-order valence-electron chi connectivity index (χ2n) is 6.91. The van der Waals surface area contributed by atoms with Gasteiger partial charge in [-0.2, -0.15) is 0 Å². The Morgan fingerprint density at radius 3 is 1.62 bits per heavy atom. The van der Waals surface area contributed by atoms with Crippen molar-refractivity contribution >= 4 is 0 Å². The Bertz CT molecular complexity index is 204. The van der Waals surface area contributed by atoms with Crippen LogP contribution in [-0.4, -0.2) is 0 Å². The molecule has 0 spiro atoms. The van der Waals surface area contributed by atoms with Gasteiger partial charge in [-0.15, -0.1) is 0 Å². The van der Waals surface area contributed by atoms with Crippen molar-refractivity contribution < 1.29 is 0 Å². The van der Waals surface area contributed by atoms with E-state index in [1.165, 1.54) is 96.3 Å². The van der Waals surface area contributed by atoms with Gasteiger partial charge in [0.05, 0.1) is 0 Å². The van der Waals surface area contributed by atoms with Gasteiger partial charge in [0.25, 0.3) is 0 Å². The summed E-state index contributed by atoms with van der Waals surface area (Å²) in [7, 11) is 0. The number of rotatable bonds is 16. The van der Waals surface area contributed by atoms with E-state index in [0.29, 0.717) is 0 Å². The molecule has 0 saturated carbocycles. The zero-order valence-corrected chi connectivity index (χ0v) is 15.3. The van der Waals surface area contributed by atoms with Crippen LogP contribution in [0, 0.1) is 5.92 Å². The van der Waals surface area contributed by atoms with Gasteiger partial charge in [0, 0.05) is 0 Å². The number of allylic oxidation sites excluding steroid dienone is 2. The summed E-state index contributed by atoms with van der Waals surface area (Å²) < 4.78 is 0. The summed E-state index contributed by atoms with van der Waals surface area (Å²) in [5, 5.41) is 0. The van der Waals surface area contributed by atoms with Gasteiger partial charge in [-0.25, -0.2) is 0 Å². The first kappa shape index (κ1) is 20.7. The molecule has 0 N–H and O–H groups in total. The molecule has 0 amide bonds. The molecule has 0 aromatic heterocycles. The van der Waals surface area contributed by atoms with Crippen molar-refractivity contribution in [2.75, 3.05) is 0 Å². The van der Waals surface area contributed by atoms with Crippen molar-refractivity contribution in [2.24, 2.45) is 5.92 Å². The minimum atomic E-state index is 0.949. The third-order valence-corrected chi connectivity index (χ3v) is 4.51. The molecule has 0 radical (unpaired) electrons. The SMILES string of the molecule is CCCCCC=CCCCCC(C)CCCCCCCC. The Hall–Kier alpha value is -0.260. The quantitative estimate of drug-likeness (QED) is 0.199. The predicted molar refractivity (Wildman–Crippen MR) is 98.9 cm³/mol. The van der Waals surface area contributed by atoms with Crippen molar-refractivity contribution in [1.29, 1.82) is 0 Å². The van der Waals surface area contributed by atoms with Gasteiger partial charge in [-0.05, 0) is 31.6 Å². The van der Waals surface area contributed by atoms with Crippen molar-refractivity contribution in [3.8, 4) is 0 Å². The molecule has 0 aliphatic heterocycles. The third-order valence-electron chi connectivity index (χ3n) is 4.51. The van der Waals surface area contributed by atoms with E-state index < -0.39 is 0 Å². The predicted octanol–water partition coefficient (Wildman–Crippen LogP) is 8.07. The average molecular weight is 295 g/mol. The molecular weight excluding hydrogens is 252 g/mol. The second kappa shape index (κ2) is 17.8. The molecule has 0 aromatic carbocycles. The van der Waals surface area contributed by atoms with Crippen LogP contribution >= 0.6 is 0 Å². The van der Waals surface area contributed by atoms with Crippen LogP contribution in [0.4, 0.5) is 0 Å². The lowest BCUT2D eigenvalue weighted by atomic mass is 9.96. The Morgan fingerprint density at radius 2 is 1.00 bits per heavy atom. The summed E-state index contributed by atoms with van der Waals surface area (Å²) >= 11 is 0. The number of hydrogen-bond acceptors (Lipinski definition) is 0. The molecule has 0 aromatic rings. The molecule has 0 fully saturated rings. The summed E-state index contributed by atoms with van der Waals surface area (Å²) in [6.45, 7) is 7.02. The van der Waals surface area contributed by atoms with E-state index in [0.717, 1.165) is 5.92 Å². The summed E-state index contributed by atoms with van der Waals surface area (Å²) in [5.74, 6) is 0.949. The lowest BCUT2D eigenvalue weighted by molar-refractivity contribution is 0.438. The smallest absolute Gasteiger partial charge is 0.0351 e. The van der Waals surface area contributed by atoms with Crippen LogP contribution in [-0.2, 0) is 0 Å². The van der Waals surface area contributed by atoms with Crippen LogP contribution in [0.5, 0.6) is 0 Å². The zero-order chi connectivity index (χ0) is 15.6. The van der Waals surface area contributed by atoms with E-state index in [2.05, 4.69) is 32.9 Å². The maximum absolute atomic E-state index is 2.45. The van der Waals surface area contributed by atoms with Crippen molar-refractivity contribution in [2.45, 2.75) is 117 Å². The average Bonchev–Trinajstić information content (AvgIpc) is 2.49. The highest BCUT2D eigenvalue weighted by Gasteiger charge is 2.01. The van der Waals surface area contributed by atoms with Crippen LogP contribution in [0.1, 0.15) is 117 Å². The summed E-state index contributed by atoms with van der Waals surface area (Å²) in [6.07, 6.45) is 25.9. The fourth-order valence-corrected chi connectivity index (χ4v) is 2.92. The largest absolute Gasteiger partial charge is 0.0885 e. The molecule has 0 nitrogen and oxygen atoms in total. The molecule has 21 heavy (non-hydrogen) atoms. The maximum Gasteiger partial charge on any atom is -0.0351 e. The van der Waals surface area contributed by atoms with E-state index in [-0.39, 0.29) is 0 Å². The topological polar surface area (TPSA) is 0 Å². The first-order valence-corrected chi connectivity index (χ1v) is 9.96. The minimum Gasteiger partial charge on any atom is -0.0885 e. The first-order chi connectivity index (χ1) is 10.3. The van der Waals surface area contributed by atoms with Gasteiger partial charge in [0.15, 0.2) is 0 Å². The van der Waals surface area contributed by atoms with E-state index in [9.17, 15) is 0 Å². The zero-order valence-electron chi connectivity index (χ0n) is 15.3. The van der Waals surface area contributed by atoms with Crippen molar-refractivity contribution in [1.82, 2.24) is 0 Å². The van der Waals surface area contributed by atoms with Gasteiger partial charge in [0.1, 0.15) is 0 Å². The van der Waals surface area contributed by atoms with Crippen LogP contribution < -0.4 is 0 Å². The molecule has 0 heterocycles. The Balaban J connectivity index is 3.20. The molecule has 0 bridgehead atoms. The fourth-order valence-electron chi connectivity index (χ4n) is 2.92. The second-order valence-corrected chi connectivity index (χ2v) is 6.91. The third kappa shape index (κ3) is 17.7. The highest BCUT2D eigenvalue weighted by atomic mass is 14.1. The van der Waals surface area contributed by atoms with E-state index in [1.54, 1.807) is 0 Å². The van der Waals surface area contributed by atoms with E-state index in [4.69, 9.17) is 0 Å².